The number of aliphatic hydroxyl groups excluding tert-OH is 1. The van der Waals surface area contributed by atoms with Gasteiger partial charge < -0.3 is 9.84 Å². The first kappa shape index (κ1) is 11.2. The molecule has 12 heavy (non-hydrogen) atoms. The normalized spacial score (nSPS) is 11.4. The molecule has 0 bridgehead atoms. The lowest BCUT2D eigenvalue weighted by Gasteiger charge is -2.02. The zero-order valence-corrected chi connectivity index (χ0v) is 7.67. The van der Waals surface area contributed by atoms with Gasteiger partial charge in [-0.1, -0.05) is 6.08 Å². The first-order valence-corrected chi connectivity index (χ1v) is 4.15. The minimum absolute atomic E-state index is 0.0237. The Kier molecular flexibility index (Phi) is 6.38. The van der Waals surface area contributed by atoms with E-state index in [4.69, 9.17) is 9.84 Å². The molecule has 0 rings (SSSR count). The van der Waals surface area contributed by atoms with Gasteiger partial charge in [0.2, 0.25) is 0 Å². The minimum Gasteiger partial charge on any atom is -0.466 e. The van der Waals surface area contributed by atoms with Gasteiger partial charge in [0.15, 0.2) is 0 Å². The molecule has 1 N–H and O–H groups in total. The highest BCUT2D eigenvalue weighted by atomic mass is 16.5. The van der Waals surface area contributed by atoms with Crippen molar-refractivity contribution in [2.45, 2.75) is 26.7 Å². The Morgan fingerprint density at radius 2 is 2.17 bits per heavy atom. The fourth-order valence-electron chi connectivity index (χ4n) is 0.810. The minimum atomic E-state index is -0.203. The van der Waals surface area contributed by atoms with Crippen molar-refractivity contribution in [3.8, 4) is 0 Å². The maximum absolute atomic E-state index is 10.8. The van der Waals surface area contributed by atoms with Crippen molar-refractivity contribution in [2.24, 2.45) is 0 Å². The van der Waals surface area contributed by atoms with E-state index in [0.29, 0.717) is 19.4 Å². The van der Waals surface area contributed by atoms with Gasteiger partial charge in [0.1, 0.15) is 0 Å². The summed E-state index contributed by atoms with van der Waals surface area (Å²) < 4.78 is 4.73. The van der Waals surface area contributed by atoms with Crippen molar-refractivity contribution in [3.05, 3.63) is 11.6 Å². The van der Waals surface area contributed by atoms with Crippen LogP contribution in [0.1, 0.15) is 26.7 Å². The van der Waals surface area contributed by atoms with Gasteiger partial charge in [-0.3, -0.25) is 4.79 Å². The van der Waals surface area contributed by atoms with Gasteiger partial charge in [-0.25, -0.2) is 0 Å². The van der Waals surface area contributed by atoms with Crippen LogP contribution in [0.15, 0.2) is 11.6 Å². The second-order valence-electron chi connectivity index (χ2n) is 2.41. The Morgan fingerprint density at radius 1 is 1.50 bits per heavy atom. The summed E-state index contributed by atoms with van der Waals surface area (Å²) in [6, 6.07) is 0. The molecule has 0 radical (unpaired) electrons. The third kappa shape index (κ3) is 4.91. The highest BCUT2D eigenvalue weighted by Crippen LogP contribution is 2.04. The fraction of sp³-hybridized carbons (Fsp3) is 0.667. The lowest BCUT2D eigenvalue weighted by molar-refractivity contribution is -0.143. The van der Waals surface area contributed by atoms with Gasteiger partial charge in [0.05, 0.1) is 13.2 Å². The maximum atomic E-state index is 10.8. The Morgan fingerprint density at radius 3 is 2.58 bits per heavy atom. The van der Waals surface area contributed by atoms with Crippen LogP contribution in [0.2, 0.25) is 0 Å². The number of carbonyl (C=O) groups excluding carboxylic acids is 1. The molecule has 0 spiro atoms. The SMILES string of the molecule is C/C=C(/CO)CCC(=O)OCC. The second kappa shape index (κ2) is 6.85. The van der Waals surface area contributed by atoms with Crippen LogP contribution >= 0.6 is 0 Å². The molecule has 0 aromatic carbocycles. The molecule has 0 aromatic rings. The highest BCUT2D eigenvalue weighted by Gasteiger charge is 2.02. The molecule has 0 aliphatic carbocycles. The molecular formula is C9H16O3. The van der Waals surface area contributed by atoms with Gasteiger partial charge in [-0.15, -0.1) is 0 Å². The van der Waals surface area contributed by atoms with Gasteiger partial charge in [-0.2, -0.15) is 0 Å². The molecule has 0 saturated heterocycles. The number of aliphatic hydroxyl groups is 1. The van der Waals surface area contributed by atoms with Gasteiger partial charge in [0.25, 0.3) is 0 Å². The van der Waals surface area contributed by atoms with E-state index in [2.05, 4.69) is 0 Å². The van der Waals surface area contributed by atoms with E-state index in [1.807, 2.05) is 13.0 Å². The van der Waals surface area contributed by atoms with Gasteiger partial charge in [-0.05, 0) is 25.8 Å². The van der Waals surface area contributed by atoms with Crippen LogP contribution in [0.3, 0.4) is 0 Å². The van der Waals surface area contributed by atoms with E-state index >= 15 is 0 Å². The van der Waals surface area contributed by atoms with Crippen molar-refractivity contribution >= 4 is 5.97 Å². The number of allylic oxidation sites excluding steroid dienone is 1. The first-order valence-electron chi connectivity index (χ1n) is 4.15. The van der Waals surface area contributed by atoms with Crippen LogP contribution < -0.4 is 0 Å². The second-order valence-corrected chi connectivity index (χ2v) is 2.41. The average molecular weight is 172 g/mol. The number of hydrogen-bond donors (Lipinski definition) is 1. The topological polar surface area (TPSA) is 46.5 Å². The van der Waals surface area contributed by atoms with E-state index in [1.54, 1.807) is 6.92 Å². The molecule has 0 aliphatic heterocycles. The number of rotatable bonds is 5. The smallest absolute Gasteiger partial charge is 0.306 e. The predicted molar refractivity (Wildman–Crippen MR) is 46.7 cm³/mol. The summed E-state index contributed by atoms with van der Waals surface area (Å²) in [6.07, 6.45) is 2.76. The summed E-state index contributed by atoms with van der Waals surface area (Å²) in [4.78, 5) is 10.8. The monoisotopic (exact) mass is 172 g/mol. The number of esters is 1. The molecule has 0 aromatic heterocycles. The summed E-state index contributed by atoms with van der Waals surface area (Å²) in [5.74, 6) is -0.203. The molecule has 0 saturated carbocycles. The highest BCUT2D eigenvalue weighted by molar-refractivity contribution is 5.69. The van der Waals surface area contributed by atoms with Crippen molar-refractivity contribution in [1.82, 2.24) is 0 Å². The molecule has 0 heterocycles. The van der Waals surface area contributed by atoms with Gasteiger partial charge in [0, 0.05) is 6.42 Å². The molecule has 0 atom stereocenters. The fourth-order valence-corrected chi connectivity index (χ4v) is 0.810. The third-order valence-corrected chi connectivity index (χ3v) is 1.57. The van der Waals surface area contributed by atoms with E-state index in [9.17, 15) is 4.79 Å². The summed E-state index contributed by atoms with van der Waals surface area (Å²) in [7, 11) is 0. The Labute approximate surface area is 73.0 Å². The van der Waals surface area contributed by atoms with E-state index in [1.165, 1.54) is 0 Å². The van der Waals surface area contributed by atoms with Crippen molar-refractivity contribution in [3.63, 3.8) is 0 Å². The van der Waals surface area contributed by atoms with Crippen LogP contribution in [0.5, 0.6) is 0 Å². The summed E-state index contributed by atoms with van der Waals surface area (Å²) in [6.45, 7) is 4.07. The Bertz CT molecular complexity index is 161. The zero-order valence-electron chi connectivity index (χ0n) is 7.67. The van der Waals surface area contributed by atoms with E-state index in [0.717, 1.165) is 5.57 Å². The Hall–Kier alpha value is -0.830. The van der Waals surface area contributed by atoms with E-state index in [-0.39, 0.29) is 12.6 Å². The standard InChI is InChI=1S/C9H16O3/c1-3-8(7-10)5-6-9(11)12-4-2/h3,10H,4-7H2,1-2H3/b8-3+. The predicted octanol–water partition coefficient (Wildman–Crippen LogP) is 1.27. The Balaban J connectivity index is 3.59. The molecule has 0 aliphatic rings. The molecule has 0 fully saturated rings. The lowest BCUT2D eigenvalue weighted by atomic mass is 10.1. The summed E-state index contributed by atoms with van der Waals surface area (Å²) in [5.41, 5.74) is 0.878. The van der Waals surface area contributed by atoms with Crippen molar-refractivity contribution < 1.29 is 14.6 Å². The maximum Gasteiger partial charge on any atom is 0.306 e. The van der Waals surface area contributed by atoms with Gasteiger partial charge >= 0.3 is 5.97 Å². The van der Waals surface area contributed by atoms with Crippen molar-refractivity contribution in [1.29, 1.82) is 0 Å². The molecule has 3 nitrogen and oxygen atoms in total. The molecule has 0 unspecified atom stereocenters. The molecule has 3 heteroatoms. The summed E-state index contributed by atoms with van der Waals surface area (Å²) in [5, 5.41) is 8.75. The molecule has 0 amide bonds. The number of ether oxygens (including phenoxy) is 1. The largest absolute Gasteiger partial charge is 0.466 e. The van der Waals surface area contributed by atoms with Crippen LogP contribution in [0, 0.1) is 0 Å². The van der Waals surface area contributed by atoms with Crippen LogP contribution in [-0.2, 0) is 9.53 Å². The average Bonchev–Trinajstić information content (AvgIpc) is 2.07. The molecule has 70 valence electrons. The number of hydrogen-bond acceptors (Lipinski definition) is 3. The van der Waals surface area contributed by atoms with Crippen LogP contribution in [0.25, 0.3) is 0 Å². The molecular weight excluding hydrogens is 156 g/mol. The summed E-state index contributed by atoms with van der Waals surface area (Å²) >= 11 is 0. The number of carbonyl (C=O) groups is 1. The van der Waals surface area contributed by atoms with E-state index < -0.39 is 0 Å². The quantitative estimate of drug-likeness (QED) is 0.501. The first-order chi connectivity index (χ1) is 5.74. The van der Waals surface area contributed by atoms with Crippen molar-refractivity contribution in [2.75, 3.05) is 13.2 Å². The van der Waals surface area contributed by atoms with Crippen LogP contribution in [-0.4, -0.2) is 24.3 Å². The lowest BCUT2D eigenvalue weighted by Crippen LogP contribution is -2.04. The zero-order chi connectivity index (χ0) is 9.40. The van der Waals surface area contributed by atoms with Crippen LogP contribution in [0.4, 0.5) is 0 Å². The third-order valence-electron chi connectivity index (χ3n) is 1.57.